The summed E-state index contributed by atoms with van der Waals surface area (Å²) in [5.41, 5.74) is -1.64. The molecular formula is C20H11F4NO2S. The summed E-state index contributed by atoms with van der Waals surface area (Å²) in [5.74, 6) is -8.50. The van der Waals surface area contributed by atoms with Crippen LogP contribution in [0, 0.1) is 23.3 Å². The van der Waals surface area contributed by atoms with Crippen molar-refractivity contribution in [2.24, 2.45) is 0 Å². The van der Waals surface area contributed by atoms with Crippen LogP contribution in [0.15, 0.2) is 58.3 Å². The molecule has 0 atom stereocenters. The molecule has 142 valence electrons. The number of rotatable bonds is 2. The quantitative estimate of drug-likeness (QED) is 0.234. The summed E-state index contributed by atoms with van der Waals surface area (Å²) in [6, 6.07) is 13.4. The molecule has 1 aliphatic rings. The van der Waals surface area contributed by atoms with Gasteiger partial charge < -0.3 is 9.64 Å². The maximum Gasteiger partial charge on any atom is 0.344 e. The van der Waals surface area contributed by atoms with Crippen LogP contribution in [0.3, 0.4) is 0 Å². The maximum atomic E-state index is 14.9. The molecule has 3 aromatic carbocycles. The van der Waals surface area contributed by atoms with Crippen molar-refractivity contribution in [1.29, 1.82) is 0 Å². The highest BCUT2D eigenvalue weighted by atomic mass is 32.2. The molecule has 1 heterocycles. The molecule has 0 fully saturated rings. The van der Waals surface area contributed by atoms with Crippen molar-refractivity contribution in [3.05, 3.63) is 77.4 Å². The Morgan fingerprint density at radius 3 is 1.75 bits per heavy atom. The van der Waals surface area contributed by atoms with Gasteiger partial charge in [-0.05, 0) is 24.3 Å². The SMILES string of the molecule is COC(=O)c1c(F)c(F)c(N2c3ccccc3Sc3ccccc32)c(F)c1F. The highest BCUT2D eigenvalue weighted by Crippen LogP contribution is 2.52. The van der Waals surface area contributed by atoms with E-state index in [1.54, 1.807) is 48.5 Å². The smallest absolute Gasteiger partial charge is 0.344 e. The monoisotopic (exact) mass is 405 g/mol. The van der Waals surface area contributed by atoms with Crippen LogP contribution in [0.1, 0.15) is 10.4 Å². The molecule has 0 saturated carbocycles. The topological polar surface area (TPSA) is 29.5 Å². The van der Waals surface area contributed by atoms with Gasteiger partial charge in [-0.2, -0.15) is 0 Å². The molecule has 0 aromatic heterocycles. The van der Waals surface area contributed by atoms with E-state index >= 15 is 0 Å². The summed E-state index contributed by atoms with van der Waals surface area (Å²) in [5, 5.41) is 0. The third-order valence-electron chi connectivity index (χ3n) is 4.29. The summed E-state index contributed by atoms with van der Waals surface area (Å²) >= 11 is 1.36. The third kappa shape index (κ3) is 2.63. The van der Waals surface area contributed by atoms with Crippen LogP contribution in [0.5, 0.6) is 0 Å². The molecule has 4 rings (SSSR count). The zero-order valence-electron chi connectivity index (χ0n) is 14.3. The van der Waals surface area contributed by atoms with Crippen molar-refractivity contribution in [3.8, 4) is 0 Å². The van der Waals surface area contributed by atoms with Crippen LogP contribution in [-0.2, 0) is 4.74 Å². The Labute approximate surface area is 161 Å². The summed E-state index contributed by atoms with van der Waals surface area (Å²) in [4.78, 5) is 14.0. The summed E-state index contributed by atoms with van der Waals surface area (Å²) in [6.45, 7) is 0. The van der Waals surface area contributed by atoms with Crippen LogP contribution in [0.25, 0.3) is 0 Å². The minimum atomic E-state index is -1.81. The molecule has 8 heteroatoms. The predicted molar refractivity (Wildman–Crippen MR) is 96.4 cm³/mol. The van der Waals surface area contributed by atoms with Gasteiger partial charge in [-0.3, -0.25) is 0 Å². The normalized spacial score (nSPS) is 12.4. The van der Waals surface area contributed by atoms with E-state index in [2.05, 4.69) is 4.74 Å². The van der Waals surface area contributed by atoms with Crippen molar-refractivity contribution in [2.45, 2.75) is 9.79 Å². The second kappa shape index (κ2) is 6.87. The van der Waals surface area contributed by atoms with E-state index in [9.17, 15) is 22.4 Å². The maximum absolute atomic E-state index is 14.9. The van der Waals surface area contributed by atoms with Crippen molar-refractivity contribution >= 4 is 34.8 Å². The number of fused-ring (bicyclic) bond motifs is 2. The number of methoxy groups -OCH3 is 1. The van der Waals surface area contributed by atoms with Gasteiger partial charge in [0.2, 0.25) is 0 Å². The Morgan fingerprint density at radius 1 is 0.821 bits per heavy atom. The van der Waals surface area contributed by atoms with Crippen molar-refractivity contribution in [2.75, 3.05) is 12.0 Å². The second-order valence-electron chi connectivity index (χ2n) is 5.84. The van der Waals surface area contributed by atoms with Crippen LogP contribution < -0.4 is 4.90 Å². The number of anilines is 3. The average molecular weight is 405 g/mol. The molecule has 0 saturated heterocycles. The van der Waals surface area contributed by atoms with Crippen molar-refractivity contribution in [1.82, 2.24) is 0 Å². The van der Waals surface area contributed by atoms with Gasteiger partial charge in [0.25, 0.3) is 0 Å². The lowest BCUT2D eigenvalue weighted by molar-refractivity contribution is 0.0587. The van der Waals surface area contributed by atoms with Gasteiger partial charge in [-0.15, -0.1) is 0 Å². The second-order valence-corrected chi connectivity index (χ2v) is 6.93. The first-order valence-electron chi connectivity index (χ1n) is 8.06. The van der Waals surface area contributed by atoms with Gasteiger partial charge in [0.15, 0.2) is 23.3 Å². The number of hydrogen-bond acceptors (Lipinski definition) is 4. The highest BCUT2D eigenvalue weighted by molar-refractivity contribution is 7.99. The summed E-state index contributed by atoms with van der Waals surface area (Å²) in [6.07, 6.45) is 0. The molecule has 0 spiro atoms. The standard InChI is InChI=1S/C20H11F4NO2S/c1-27-20(26)14-15(21)17(23)19(18(24)16(14)22)25-10-6-2-4-8-12(10)28-13-9-5-3-7-11(13)25/h2-9H,1H3. The minimum Gasteiger partial charge on any atom is -0.465 e. The first-order valence-corrected chi connectivity index (χ1v) is 8.87. The number of esters is 1. The average Bonchev–Trinajstić information content (AvgIpc) is 2.71. The largest absolute Gasteiger partial charge is 0.465 e. The fourth-order valence-electron chi connectivity index (χ4n) is 3.04. The van der Waals surface area contributed by atoms with E-state index < -0.39 is 40.5 Å². The van der Waals surface area contributed by atoms with Crippen molar-refractivity contribution < 1.29 is 27.1 Å². The Balaban J connectivity index is 2.05. The van der Waals surface area contributed by atoms with Crippen LogP contribution in [0.2, 0.25) is 0 Å². The lowest BCUT2D eigenvalue weighted by Gasteiger charge is -2.33. The predicted octanol–water partition coefficient (Wildman–Crippen LogP) is 5.96. The molecule has 0 amide bonds. The molecule has 0 unspecified atom stereocenters. The van der Waals surface area contributed by atoms with Crippen molar-refractivity contribution in [3.63, 3.8) is 0 Å². The van der Waals surface area contributed by atoms with Gasteiger partial charge in [0.05, 0.1) is 18.5 Å². The van der Waals surface area contributed by atoms with E-state index in [0.717, 1.165) is 12.0 Å². The Bertz CT molecular complexity index is 1040. The first-order chi connectivity index (χ1) is 13.5. The molecule has 0 radical (unpaired) electrons. The van der Waals surface area contributed by atoms with E-state index in [1.807, 2.05) is 0 Å². The molecule has 3 nitrogen and oxygen atoms in total. The number of ether oxygens (including phenoxy) is 1. The minimum absolute atomic E-state index is 0.355. The number of halogens is 4. The molecule has 3 aromatic rings. The summed E-state index contributed by atoms with van der Waals surface area (Å²) in [7, 11) is 0.860. The number of hydrogen-bond donors (Lipinski definition) is 0. The summed E-state index contributed by atoms with van der Waals surface area (Å²) < 4.78 is 63.2. The highest BCUT2D eigenvalue weighted by Gasteiger charge is 2.35. The number of benzene rings is 3. The van der Waals surface area contributed by atoms with E-state index in [1.165, 1.54) is 11.8 Å². The van der Waals surface area contributed by atoms with Gasteiger partial charge in [-0.1, -0.05) is 36.0 Å². The molecule has 1 aliphatic heterocycles. The van der Waals surface area contributed by atoms with Gasteiger partial charge in [-0.25, -0.2) is 22.4 Å². The van der Waals surface area contributed by atoms with Gasteiger partial charge in [0, 0.05) is 9.79 Å². The number of carbonyl (C=O) groups is 1. The molecule has 0 bridgehead atoms. The zero-order chi connectivity index (χ0) is 20.0. The number of para-hydroxylation sites is 2. The first kappa shape index (κ1) is 18.4. The van der Waals surface area contributed by atoms with Crippen LogP contribution >= 0.6 is 11.8 Å². The third-order valence-corrected chi connectivity index (χ3v) is 5.42. The Morgan fingerprint density at radius 2 is 1.29 bits per heavy atom. The van der Waals surface area contributed by atoms with Crippen LogP contribution in [-0.4, -0.2) is 13.1 Å². The molecule has 0 aliphatic carbocycles. The van der Waals surface area contributed by atoms with E-state index in [0.29, 0.717) is 21.2 Å². The number of nitrogens with zero attached hydrogens (tertiary/aromatic N) is 1. The Kier molecular flexibility index (Phi) is 4.50. The van der Waals surface area contributed by atoms with Gasteiger partial charge >= 0.3 is 5.97 Å². The van der Waals surface area contributed by atoms with E-state index in [-0.39, 0.29) is 0 Å². The fourth-order valence-corrected chi connectivity index (χ4v) is 4.10. The molecule has 28 heavy (non-hydrogen) atoms. The lowest BCUT2D eigenvalue weighted by atomic mass is 10.1. The lowest BCUT2D eigenvalue weighted by Crippen LogP contribution is -2.21. The van der Waals surface area contributed by atoms with Gasteiger partial charge in [0.1, 0.15) is 11.3 Å². The zero-order valence-corrected chi connectivity index (χ0v) is 15.1. The number of carbonyl (C=O) groups excluding carboxylic acids is 1. The fraction of sp³-hybridized carbons (Fsp3) is 0.0500. The molecular weight excluding hydrogens is 394 g/mol. The Hall–Kier alpha value is -3.00. The molecule has 0 N–H and O–H groups in total. The van der Waals surface area contributed by atoms with Crippen LogP contribution in [0.4, 0.5) is 34.6 Å². The van der Waals surface area contributed by atoms with E-state index in [4.69, 9.17) is 0 Å².